The third kappa shape index (κ3) is 6.64. The van der Waals surface area contributed by atoms with Gasteiger partial charge in [-0.15, -0.1) is 0 Å². The third-order valence-corrected chi connectivity index (χ3v) is 4.03. The predicted molar refractivity (Wildman–Crippen MR) is 93.7 cm³/mol. The standard InChI is InChI=1S/C19H27NO5/c1-3-24-19(22)12-13-20(15-6-7-15)18(21)5-4-14-25-17-10-8-16(23-2)9-11-17/h8-11,15H,3-7,12-14H2,1-2H3. The Bertz CT molecular complexity index is 553. The number of carbonyl (C=O) groups is 2. The van der Waals surface area contributed by atoms with Crippen LogP contribution in [0, 0.1) is 0 Å². The maximum absolute atomic E-state index is 12.4. The molecule has 0 atom stereocenters. The van der Waals surface area contributed by atoms with Gasteiger partial charge in [0.25, 0.3) is 0 Å². The molecule has 0 radical (unpaired) electrons. The van der Waals surface area contributed by atoms with Crippen LogP contribution in [0.2, 0.25) is 0 Å². The van der Waals surface area contributed by atoms with E-state index < -0.39 is 0 Å². The van der Waals surface area contributed by atoms with Crippen molar-refractivity contribution < 1.29 is 23.8 Å². The number of hydrogen-bond acceptors (Lipinski definition) is 5. The SMILES string of the molecule is CCOC(=O)CCN(C(=O)CCCOc1ccc(OC)cc1)C1CC1. The number of nitrogens with zero attached hydrogens (tertiary/aromatic N) is 1. The van der Waals surface area contributed by atoms with Gasteiger partial charge in [0.15, 0.2) is 0 Å². The van der Waals surface area contributed by atoms with E-state index in [4.69, 9.17) is 14.2 Å². The molecule has 0 N–H and O–H groups in total. The van der Waals surface area contributed by atoms with Crippen molar-refractivity contribution in [1.29, 1.82) is 0 Å². The lowest BCUT2D eigenvalue weighted by molar-refractivity contribution is -0.144. The van der Waals surface area contributed by atoms with Crippen LogP contribution < -0.4 is 9.47 Å². The summed E-state index contributed by atoms with van der Waals surface area (Å²) < 4.78 is 15.7. The van der Waals surface area contributed by atoms with Crippen molar-refractivity contribution in [1.82, 2.24) is 4.90 Å². The Morgan fingerprint density at radius 1 is 1.12 bits per heavy atom. The first-order valence-corrected chi connectivity index (χ1v) is 8.86. The minimum atomic E-state index is -0.246. The highest BCUT2D eigenvalue weighted by molar-refractivity contribution is 5.78. The van der Waals surface area contributed by atoms with E-state index in [2.05, 4.69) is 0 Å². The molecule has 1 saturated carbocycles. The van der Waals surface area contributed by atoms with Gasteiger partial charge in [-0.1, -0.05) is 0 Å². The molecule has 1 fully saturated rings. The molecule has 6 heteroatoms. The van der Waals surface area contributed by atoms with Crippen molar-refractivity contribution in [2.45, 2.75) is 45.1 Å². The van der Waals surface area contributed by atoms with Crippen molar-refractivity contribution in [3.8, 4) is 11.5 Å². The smallest absolute Gasteiger partial charge is 0.307 e. The summed E-state index contributed by atoms with van der Waals surface area (Å²) in [6, 6.07) is 7.66. The molecular formula is C19H27NO5. The topological polar surface area (TPSA) is 65.1 Å². The van der Waals surface area contributed by atoms with E-state index in [9.17, 15) is 9.59 Å². The second-order valence-corrected chi connectivity index (χ2v) is 6.00. The Kier molecular flexibility index (Phi) is 7.57. The molecule has 25 heavy (non-hydrogen) atoms. The zero-order valence-electron chi connectivity index (χ0n) is 15.0. The first-order chi connectivity index (χ1) is 12.1. The average Bonchev–Trinajstić information content (AvgIpc) is 3.44. The van der Waals surface area contributed by atoms with E-state index >= 15 is 0 Å². The van der Waals surface area contributed by atoms with E-state index in [-0.39, 0.29) is 18.3 Å². The van der Waals surface area contributed by atoms with Gasteiger partial charge in [-0.2, -0.15) is 0 Å². The Hall–Kier alpha value is -2.24. The number of amides is 1. The van der Waals surface area contributed by atoms with Crippen molar-refractivity contribution >= 4 is 11.9 Å². The van der Waals surface area contributed by atoms with E-state index in [0.29, 0.717) is 38.6 Å². The zero-order valence-corrected chi connectivity index (χ0v) is 15.0. The fourth-order valence-electron chi connectivity index (χ4n) is 2.57. The molecule has 0 unspecified atom stereocenters. The monoisotopic (exact) mass is 349 g/mol. The van der Waals surface area contributed by atoms with Gasteiger partial charge in [-0.3, -0.25) is 9.59 Å². The van der Waals surface area contributed by atoms with Gasteiger partial charge < -0.3 is 19.1 Å². The third-order valence-electron chi connectivity index (χ3n) is 4.03. The predicted octanol–water partition coefficient (Wildman–Crippen LogP) is 2.80. The molecule has 0 bridgehead atoms. The molecule has 0 saturated heterocycles. The molecule has 1 aliphatic rings. The summed E-state index contributed by atoms with van der Waals surface area (Å²) in [5, 5.41) is 0. The van der Waals surface area contributed by atoms with Crippen molar-refractivity contribution in [3.05, 3.63) is 24.3 Å². The normalized spacial score (nSPS) is 13.2. The quantitative estimate of drug-likeness (QED) is 0.454. The van der Waals surface area contributed by atoms with E-state index in [0.717, 1.165) is 24.3 Å². The molecule has 1 aromatic carbocycles. The van der Waals surface area contributed by atoms with Gasteiger partial charge in [0.2, 0.25) is 5.91 Å². The summed E-state index contributed by atoms with van der Waals surface area (Å²) in [7, 11) is 1.62. The zero-order chi connectivity index (χ0) is 18.1. The van der Waals surface area contributed by atoms with Crippen LogP contribution in [-0.4, -0.2) is 49.7 Å². The lowest BCUT2D eigenvalue weighted by Crippen LogP contribution is -2.35. The first kappa shape index (κ1) is 19.1. The summed E-state index contributed by atoms with van der Waals surface area (Å²) in [6.07, 6.45) is 3.38. The summed E-state index contributed by atoms with van der Waals surface area (Å²) in [6.45, 7) is 3.08. The fourth-order valence-corrected chi connectivity index (χ4v) is 2.57. The summed E-state index contributed by atoms with van der Waals surface area (Å²) in [5.41, 5.74) is 0. The van der Waals surface area contributed by atoms with Crippen LogP contribution in [0.5, 0.6) is 11.5 Å². The second-order valence-electron chi connectivity index (χ2n) is 6.00. The van der Waals surface area contributed by atoms with Gasteiger partial charge in [0.1, 0.15) is 11.5 Å². The van der Waals surface area contributed by atoms with Gasteiger partial charge >= 0.3 is 5.97 Å². The number of hydrogen-bond donors (Lipinski definition) is 0. The van der Waals surface area contributed by atoms with E-state index in [1.54, 1.807) is 14.0 Å². The molecule has 2 rings (SSSR count). The first-order valence-electron chi connectivity index (χ1n) is 8.86. The molecule has 1 amide bonds. The Morgan fingerprint density at radius 2 is 1.80 bits per heavy atom. The van der Waals surface area contributed by atoms with Crippen LogP contribution in [0.3, 0.4) is 0 Å². The molecule has 0 heterocycles. The van der Waals surface area contributed by atoms with E-state index in [1.165, 1.54) is 0 Å². The average molecular weight is 349 g/mol. The second kappa shape index (κ2) is 9.91. The van der Waals surface area contributed by atoms with Crippen LogP contribution in [0.15, 0.2) is 24.3 Å². The van der Waals surface area contributed by atoms with Gasteiger partial charge in [-0.05, 0) is 50.5 Å². The maximum atomic E-state index is 12.4. The van der Waals surface area contributed by atoms with Crippen molar-refractivity contribution in [2.24, 2.45) is 0 Å². The van der Waals surface area contributed by atoms with Gasteiger partial charge in [0, 0.05) is 19.0 Å². The number of carbonyl (C=O) groups excluding carboxylic acids is 2. The maximum Gasteiger partial charge on any atom is 0.307 e. The number of benzene rings is 1. The van der Waals surface area contributed by atoms with E-state index in [1.807, 2.05) is 29.2 Å². The molecule has 1 aliphatic carbocycles. The number of esters is 1. The molecule has 138 valence electrons. The van der Waals surface area contributed by atoms with Gasteiger partial charge in [0.05, 0.1) is 26.7 Å². The minimum absolute atomic E-state index is 0.0881. The molecule has 6 nitrogen and oxygen atoms in total. The summed E-state index contributed by atoms with van der Waals surface area (Å²) in [4.78, 5) is 25.7. The number of methoxy groups -OCH3 is 1. The summed E-state index contributed by atoms with van der Waals surface area (Å²) >= 11 is 0. The van der Waals surface area contributed by atoms with Crippen molar-refractivity contribution in [2.75, 3.05) is 26.9 Å². The Balaban J connectivity index is 1.68. The lowest BCUT2D eigenvalue weighted by Gasteiger charge is -2.22. The van der Waals surface area contributed by atoms with Crippen LogP contribution in [0.25, 0.3) is 0 Å². The molecule has 0 aromatic heterocycles. The largest absolute Gasteiger partial charge is 0.497 e. The Labute approximate surface area is 149 Å². The van der Waals surface area contributed by atoms with Crippen LogP contribution >= 0.6 is 0 Å². The van der Waals surface area contributed by atoms with Crippen LogP contribution in [0.4, 0.5) is 0 Å². The highest BCUT2D eigenvalue weighted by atomic mass is 16.5. The molecule has 0 aliphatic heterocycles. The lowest BCUT2D eigenvalue weighted by atomic mass is 10.2. The fraction of sp³-hybridized carbons (Fsp3) is 0.579. The minimum Gasteiger partial charge on any atom is -0.497 e. The molecular weight excluding hydrogens is 322 g/mol. The van der Waals surface area contributed by atoms with Crippen LogP contribution in [-0.2, 0) is 14.3 Å². The highest BCUT2D eigenvalue weighted by Crippen LogP contribution is 2.28. The number of rotatable bonds is 11. The van der Waals surface area contributed by atoms with Crippen molar-refractivity contribution in [3.63, 3.8) is 0 Å². The van der Waals surface area contributed by atoms with Gasteiger partial charge in [-0.25, -0.2) is 0 Å². The number of ether oxygens (including phenoxy) is 3. The molecule has 1 aromatic rings. The summed E-state index contributed by atoms with van der Waals surface area (Å²) in [5.74, 6) is 1.38. The molecule has 0 spiro atoms. The highest BCUT2D eigenvalue weighted by Gasteiger charge is 2.32. The van der Waals surface area contributed by atoms with Crippen LogP contribution in [0.1, 0.15) is 39.0 Å². The Morgan fingerprint density at radius 3 is 2.40 bits per heavy atom.